The first-order valence-electron chi connectivity index (χ1n) is 5.82. The quantitative estimate of drug-likeness (QED) is 0.528. The van der Waals surface area contributed by atoms with Crippen molar-refractivity contribution in [3.63, 3.8) is 0 Å². The predicted molar refractivity (Wildman–Crippen MR) is 64.3 cm³/mol. The van der Waals surface area contributed by atoms with Crippen LogP contribution in [-0.2, 0) is 0 Å². The molecule has 0 radical (unpaired) electrons. The molecular formula is C14H18N2. The second-order valence-corrected chi connectivity index (χ2v) is 4.67. The number of nitrogens with zero attached hydrogens (tertiary/aromatic N) is 2. The molecule has 1 saturated carbocycles. The zero-order chi connectivity index (χ0) is 12.0. The summed E-state index contributed by atoms with van der Waals surface area (Å²) >= 11 is 0. The normalized spacial score (nSPS) is 24.3. The van der Waals surface area contributed by atoms with Crippen molar-refractivity contribution in [2.75, 3.05) is 0 Å². The molecule has 16 heavy (non-hydrogen) atoms. The monoisotopic (exact) mass is 214 g/mol. The number of nitriles is 2. The molecule has 0 aromatic carbocycles. The number of allylic oxidation sites excluding steroid dienone is 3. The highest BCUT2D eigenvalue weighted by molar-refractivity contribution is 5.43. The van der Waals surface area contributed by atoms with Gasteiger partial charge in [0.25, 0.3) is 0 Å². The summed E-state index contributed by atoms with van der Waals surface area (Å²) in [6.45, 7) is 5.92. The molecule has 0 bridgehead atoms. The van der Waals surface area contributed by atoms with Gasteiger partial charge in [-0.3, -0.25) is 0 Å². The Morgan fingerprint density at radius 3 is 2.69 bits per heavy atom. The van der Waals surface area contributed by atoms with Gasteiger partial charge in [-0.25, -0.2) is 0 Å². The smallest absolute Gasteiger partial charge is 0.129 e. The van der Waals surface area contributed by atoms with Crippen LogP contribution in [0.5, 0.6) is 0 Å². The van der Waals surface area contributed by atoms with Crippen molar-refractivity contribution >= 4 is 0 Å². The summed E-state index contributed by atoms with van der Waals surface area (Å²) in [6.07, 6.45) is 8.15. The molecule has 0 saturated heterocycles. The van der Waals surface area contributed by atoms with Crippen LogP contribution in [0.3, 0.4) is 0 Å². The Kier molecular flexibility index (Phi) is 4.32. The molecule has 2 heteroatoms. The molecule has 2 nitrogen and oxygen atoms in total. The Bertz CT molecular complexity index is 363. The lowest BCUT2D eigenvalue weighted by Gasteiger charge is -2.36. The highest BCUT2D eigenvalue weighted by Gasteiger charge is 2.33. The van der Waals surface area contributed by atoms with Gasteiger partial charge in [0.15, 0.2) is 0 Å². The van der Waals surface area contributed by atoms with E-state index in [2.05, 4.69) is 13.5 Å². The van der Waals surface area contributed by atoms with Crippen LogP contribution < -0.4 is 0 Å². The van der Waals surface area contributed by atoms with E-state index in [4.69, 9.17) is 10.5 Å². The van der Waals surface area contributed by atoms with Gasteiger partial charge in [0.1, 0.15) is 17.7 Å². The van der Waals surface area contributed by atoms with Crippen LogP contribution in [0.4, 0.5) is 0 Å². The van der Waals surface area contributed by atoms with Crippen molar-refractivity contribution < 1.29 is 0 Å². The van der Waals surface area contributed by atoms with Crippen LogP contribution in [-0.4, -0.2) is 0 Å². The topological polar surface area (TPSA) is 47.6 Å². The van der Waals surface area contributed by atoms with Crippen molar-refractivity contribution in [1.29, 1.82) is 10.5 Å². The Balaban J connectivity index is 3.04. The molecular weight excluding hydrogens is 196 g/mol. The molecule has 1 rings (SSSR count). The van der Waals surface area contributed by atoms with Gasteiger partial charge in [-0.15, -0.1) is 6.58 Å². The molecule has 1 atom stereocenters. The summed E-state index contributed by atoms with van der Waals surface area (Å²) in [6, 6.07) is 4.09. The molecule has 1 aliphatic rings. The van der Waals surface area contributed by atoms with Crippen LogP contribution in [0, 0.1) is 28.1 Å². The third-order valence-corrected chi connectivity index (χ3v) is 3.56. The number of hydrogen-bond donors (Lipinski definition) is 0. The zero-order valence-corrected chi connectivity index (χ0v) is 9.92. The predicted octanol–water partition coefficient (Wildman–Crippen LogP) is 3.88. The third-order valence-electron chi connectivity index (χ3n) is 3.56. The van der Waals surface area contributed by atoms with Crippen LogP contribution >= 0.6 is 0 Å². The van der Waals surface area contributed by atoms with Crippen LogP contribution in [0.1, 0.15) is 45.4 Å². The summed E-state index contributed by atoms with van der Waals surface area (Å²) in [5.74, 6) is 0. The van der Waals surface area contributed by atoms with Crippen LogP contribution in [0.2, 0.25) is 0 Å². The molecule has 84 valence electrons. The van der Waals surface area contributed by atoms with Crippen molar-refractivity contribution in [3.05, 3.63) is 23.8 Å². The maximum atomic E-state index is 8.99. The molecule has 1 unspecified atom stereocenters. The van der Waals surface area contributed by atoms with E-state index in [9.17, 15) is 0 Å². The van der Waals surface area contributed by atoms with E-state index in [1.165, 1.54) is 6.42 Å². The highest BCUT2D eigenvalue weighted by atomic mass is 14.4. The first kappa shape index (κ1) is 12.5. The standard InChI is InChI=1S/C14H18N2/c1-3-4-8-14(2)9-6-5-7-13(14)12(10-15)11-16/h3H,1,4-9H2,2H3. The van der Waals surface area contributed by atoms with E-state index >= 15 is 0 Å². The van der Waals surface area contributed by atoms with Gasteiger partial charge < -0.3 is 0 Å². The van der Waals surface area contributed by atoms with E-state index in [0.29, 0.717) is 5.57 Å². The summed E-state index contributed by atoms with van der Waals surface area (Å²) in [5.41, 5.74) is 1.45. The largest absolute Gasteiger partial charge is 0.192 e. The fourth-order valence-corrected chi connectivity index (χ4v) is 2.55. The van der Waals surface area contributed by atoms with Gasteiger partial charge in [0.05, 0.1) is 0 Å². The molecule has 0 amide bonds. The lowest BCUT2D eigenvalue weighted by Crippen LogP contribution is -2.24. The Morgan fingerprint density at radius 1 is 1.44 bits per heavy atom. The van der Waals surface area contributed by atoms with Gasteiger partial charge in [-0.2, -0.15) is 10.5 Å². The molecule has 0 N–H and O–H groups in total. The molecule has 0 aliphatic heterocycles. The van der Waals surface area contributed by atoms with Crippen molar-refractivity contribution in [2.24, 2.45) is 5.41 Å². The SMILES string of the molecule is C=CCCC1(C)CCCCC1=C(C#N)C#N. The lowest BCUT2D eigenvalue weighted by atomic mass is 9.67. The lowest BCUT2D eigenvalue weighted by molar-refractivity contribution is 0.282. The molecule has 0 spiro atoms. The fraction of sp³-hybridized carbons (Fsp3) is 0.571. The average molecular weight is 214 g/mol. The van der Waals surface area contributed by atoms with Gasteiger partial charge >= 0.3 is 0 Å². The number of hydrogen-bond acceptors (Lipinski definition) is 2. The maximum Gasteiger partial charge on any atom is 0.129 e. The molecule has 0 aromatic heterocycles. The Morgan fingerprint density at radius 2 is 2.12 bits per heavy atom. The van der Waals surface area contributed by atoms with E-state index in [0.717, 1.165) is 37.7 Å². The zero-order valence-electron chi connectivity index (χ0n) is 9.92. The van der Waals surface area contributed by atoms with Gasteiger partial charge in [0, 0.05) is 0 Å². The highest BCUT2D eigenvalue weighted by Crippen LogP contribution is 2.45. The first-order chi connectivity index (χ1) is 7.68. The molecule has 1 fully saturated rings. The minimum Gasteiger partial charge on any atom is -0.192 e. The average Bonchev–Trinajstić information content (AvgIpc) is 2.31. The first-order valence-corrected chi connectivity index (χ1v) is 5.82. The van der Waals surface area contributed by atoms with E-state index < -0.39 is 0 Å². The second kappa shape index (κ2) is 5.52. The van der Waals surface area contributed by atoms with E-state index in [-0.39, 0.29) is 5.41 Å². The Labute approximate surface area is 97.9 Å². The minimum absolute atomic E-state index is 0.0350. The summed E-state index contributed by atoms with van der Waals surface area (Å²) in [5, 5.41) is 18.0. The van der Waals surface area contributed by atoms with Gasteiger partial charge in [-0.05, 0) is 43.1 Å². The van der Waals surface area contributed by atoms with Crippen molar-refractivity contribution in [1.82, 2.24) is 0 Å². The number of rotatable bonds is 3. The molecule has 0 aromatic rings. The minimum atomic E-state index is 0.0350. The summed E-state index contributed by atoms with van der Waals surface area (Å²) < 4.78 is 0. The Hall–Kier alpha value is -1.54. The van der Waals surface area contributed by atoms with E-state index in [1.807, 2.05) is 18.2 Å². The summed E-state index contributed by atoms with van der Waals surface area (Å²) in [7, 11) is 0. The maximum absolute atomic E-state index is 8.99. The van der Waals surface area contributed by atoms with E-state index in [1.54, 1.807) is 0 Å². The van der Waals surface area contributed by atoms with Crippen LogP contribution in [0.15, 0.2) is 23.8 Å². The van der Waals surface area contributed by atoms with Gasteiger partial charge in [0.2, 0.25) is 0 Å². The van der Waals surface area contributed by atoms with Crippen molar-refractivity contribution in [3.8, 4) is 12.1 Å². The third kappa shape index (κ3) is 2.52. The van der Waals surface area contributed by atoms with Gasteiger partial charge in [-0.1, -0.05) is 19.4 Å². The molecule has 0 heterocycles. The van der Waals surface area contributed by atoms with Crippen LogP contribution in [0.25, 0.3) is 0 Å². The van der Waals surface area contributed by atoms with Crippen molar-refractivity contribution in [2.45, 2.75) is 45.4 Å². The fourth-order valence-electron chi connectivity index (χ4n) is 2.55. The summed E-state index contributed by atoms with van der Waals surface area (Å²) in [4.78, 5) is 0. The second-order valence-electron chi connectivity index (χ2n) is 4.67. The molecule has 1 aliphatic carbocycles.